The van der Waals surface area contributed by atoms with Crippen LogP contribution in [0.5, 0.6) is 5.75 Å². The molecule has 0 aliphatic rings. The van der Waals surface area contributed by atoms with Gasteiger partial charge in [-0.1, -0.05) is 12.1 Å². The minimum Gasteiger partial charge on any atom is -0.492 e. The van der Waals surface area contributed by atoms with Crippen LogP contribution in [0.4, 0.5) is 0 Å². The highest BCUT2D eigenvalue weighted by molar-refractivity contribution is 5.87. The Morgan fingerprint density at radius 3 is 2.95 bits per heavy atom. The van der Waals surface area contributed by atoms with Crippen LogP contribution in [0.3, 0.4) is 0 Å². The largest absolute Gasteiger partial charge is 0.492 e. The quantitative estimate of drug-likeness (QED) is 0.765. The number of carbonyl (C=O) groups is 1. The second-order valence-corrected chi connectivity index (χ2v) is 4.64. The Bertz CT molecular complexity index is 587. The summed E-state index contributed by atoms with van der Waals surface area (Å²) in [5, 5.41) is 12.2. The summed E-state index contributed by atoms with van der Waals surface area (Å²) in [6.45, 7) is 3.18. The van der Waals surface area contributed by atoms with Gasteiger partial charge in [-0.05, 0) is 36.8 Å². The molecule has 0 spiro atoms. The lowest BCUT2D eigenvalue weighted by Crippen LogP contribution is -2.24. The molecule has 0 aliphatic heterocycles. The zero-order valence-corrected chi connectivity index (χ0v) is 11.8. The van der Waals surface area contributed by atoms with Crippen molar-refractivity contribution in [2.45, 2.75) is 13.0 Å². The Hall–Kier alpha value is -2.40. The van der Waals surface area contributed by atoms with Crippen LogP contribution >= 0.6 is 0 Å². The minimum atomic E-state index is -0.955. The highest BCUT2D eigenvalue weighted by Gasteiger charge is 2.05. The van der Waals surface area contributed by atoms with Gasteiger partial charge in [0.15, 0.2) is 0 Å². The molecule has 0 aliphatic carbocycles. The third-order valence-electron chi connectivity index (χ3n) is 3.09. The van der Waals surface area contributed by atoms with Crippen LogP contribution < -0.4 is 10.1 Å². The smallest absolute Gasteiger partial charge is 0.335 e. The maximum atomic E-state index is 10.9. The summed E-state index contributed by atoms with van der Waals surface area (Å²) in [6, 6.07) is 10.6. The highest BCUT2D eigenvalue weighted by atomic mass is 16.5. The molecule has 1 aromatic carbocycles. The van der Waals surface area contributed by atoms with Gasteiger partial charge in [-0.15, -0.1) is 0 Å². The fourth-order valence-corrected chi connectivity index (χ4v) is 1.91. The Kier molecular flexibility index (Phi) is 5.29. The fraction of sp³-hybridized carbons (Fsp3) is 0.250. The van der Waals surface area contributed by atoms with Crippen molar-refractivity contribution in [2.75, 3.05) is 13.2 Å². The molecule has 0 unspecified atom stereocenters. The lowest BCUT2D eigenvalue weighted by atomic mass is 10.1. The van der Waals surface area contributed by atoms with Crippen molar-refractivity contribution in [1.82, 2.24) is 10.3 Å². The molecule has 1 heterocycles. The van der Waals surface area contributed by atoms with Crippen molar-refractivity contribution in [3.63, 3.8) is 0 Å². The van der Waals surface area contributed by atoms with Crippen molar-refractivity contribution in [2.24, 2.45) is 0 Å². The molecule has 2 rings (SSSR count). The van der Waals surface area contributed by atoms with Crippen LogP contribution in [-0.2, 0) is 0 Å². The third-order valence-corrected chi connectivity index (χ3v) is 3.09. The third kappa shape index (κ3) is 4.57. The maximum absolute atomic E-state index is 10.9. The fourth-order valence-electron chi connectivity index (χ4n) is 1.91. The van der Waals surface area contributed by atoms with Gasteiger partial charge in [0.2, 0.25) is 0 Å². The molecule has 21 heavy (non-hydrogen) atoms. The van der Waals surface area contributed by atoms with E-state index in [1.54, 1.807) is 18.3 Å². The number of rotatable bonds is 7. The topological polar surface area (TPSA) is 71.5 Å². The van der Waals surface area contributed by atoms with Crippen LogP contribution in [0, 0.1) is 0 Å². The first-order valence-corrected chi connectivity index (χ1v) is 6.76. The SMILES string of the molecule is C[C@H](NCCOc1cccc(C(=O)O)c1)c1cccnc1. The van der Waals surface area contributed by atoms with Crippen LogP contribution in [-0.4, -0.2) is 29.2 Å². The molecular formula is C16H18N2O3. The summed E-state index contributed by atoms with van der Waals surface area (Å²) in [5.74, 6) is -0.394. The van der Waals surface area contributed by atoms with Gasteiger partial charge in [-0.3, -0.25) is 4.98 Å². The molecule has 2 N–H and O–H groups in total. The van der Waals surface area contributed by atoms with Crippen LogP contribution in [0.25, 0.3) is 0 Å². The predicted octanol–water partition coefficient (Wildman–Crippen LogP) is 2.51. The van der Waals surface area contributed by atoms with E-state index in [1.807, 2.05) is 18.3 Å². The van der Waals surface area contributed by atoms with Crippen molar-refractivity contribution >= 4 is 5.97 Å². The van der Waals surface area contributed by atoms with Gasteiger partial charge in [0, 0.05) is 25.0 Å². The molecule has 1 aromatic heterocycles. The number of hydrogen-bond donors (Lipinski definition) is 2. The molecule has 2 aromatic rings. The molecular weight excluding hydrogens is 268 g/mol. The van der Waals surface area contributed by atoms with Gasteiger partial charge < -0.3 is 15.2 Å². The molecule has 0 fully saturated rings. The number of nitrogens with zero attached hydrogens (tertiary/aromatic N) is 1. The van der Waals surface area contributed by atoms with Crippen LogP contribution in [0.2, 0.25) is 0 Å². The van der Waals surface area contributed by atoms with E-state index in [2.05, 4.69) is 17.2 Å². The number of nitrogens with one attached hydrogen (secondary N) is 1. The predicted molar refractivity (Wildman–Crippen MR) is 79.6 cm³/mol. The summed E-state index contributed by atoms with van der Waals surface area (Å²) >= 11 is 0. The Labute approximate surface area is 123 Å². The first kappa shape index (κ1) is 15.0. The van der Waals surface area contributed by atoms with E-state index in [-0.39, 0.29) is 11.6 Å². The zero-order chi connectivity index (χ0) is 15.1. The molecule has 5 heteroatoms. The van der Waals surface area contributed by atoms with E-state index in [9.17, 15) is 4.79 Å². The first-order valence-electron chi connectivity index (χ1n) is 6.76. The Morgan fingerprint density at radius 1 is 1.38 bits per heavy atom. The average molecular weight is 286 g/mol. The maximum Gasteiger partial charge on any atom is 0.335 e. The molecule has 110 valence electrons. The van der Waals surface area contributed by atoms with Gasteiger partial charge in [0.1, 0.15) is 12.4 Å². The van der Waals surface area contributed by atoms with Crippen molar-refractivity contribution in [1.29, 1.82) is 0 Å². The van der Waals surface area contributed by atoms with Gasteiger partial charge >= 0.3 is 5.97 Å². The van der Waals surface area contributed by atoms with Gasteiger partial charge in [0.25, 0.3) is 0 Å². The minimum absolute atomic E-state index is 0.188. The first-order chi connectivity index (χ1) is 10.2. The molecule has 0 amide bonds. The highest BCUT2D eigenvalue weighted by Crippen LogP contribution is 2.13. The summed E-state index contributed by atoms with van der Waals surface area (Å²) in [6.07, 6.45) is 3.57. The van der Waals surface area contributed by atoms with Crippen LogP contribution in [0.15, 0.2) is 48.8 Å². The van der Waals surface area contributed by atoms with Crippen molar-refractivity contribution in [3.05, 3.63) is 59.9 Å². The standard InChI is InChI=1S/C16H18N2O3/c1-12(14-5-3-7-17-11-14)18-8-9-21-15-6-2-4-13(10-15)16(19)20/h2-7,10-12,18H,8-9H2,1H3,(H,19,20)/t12-/m0/s1. The second kappa shape index (κ2) is 7.40. The van der Waals surface area contributed by atoms with E-state index in [0.717, 1.165) is 5.56 Å². The van der Waals surface area contributed by atoms with E-state index in [4.69, 9.17) is 9.84 Å². The van der Waals surface area contributed by atoms with E-state index < -0.39 is 5.97 Å². The molecule has 0 saturated heterocycles. The number of aromatic carboxylic acids is 1. The summed E-state index contributed by atoms with van der Waals surface area (Å²) in [7, 11) is 0. The van der Waals surface area contributed by atoms with E-state index >= 15 is 0 Å². The molecule has 0 saturated carbocycles. The lowest BCUT2D eigenvalue weighted by Gasteiger charge is -2.14. The normalized spacial score (nSPS) is 11.9. The number of carboxylic acid groups (broad SMARTS) is 1. The van der Waals surface area contributed by atoms with Gasteiger partial charge in [-0.2, -0.15) is 0 Å². The monoisotopic (exact) mass is 286 g/mol. The van der Waals surface area contributed by atoms with Crippen molar-refractivity contribution in [3.8, 4) is 5.75 Å². The van der Waals surface area contributed by atoms with Crippen molar-refractivity contribution < 1.29 is 14.6 Å². The van der Waals surface area contributed by atoms with E-state index in [1.165, 1.54) is 12.1 Å². The number of hydrogen-bond acceptors (Lipinski definition) is 4. The van der Waals surface area contributed by atoms with Gasteiger partial charge in [0.05, 0.1) is 5.56 Å². The number of carboxylic acids is 1. The van der Waals surface area contributed by atoms with E-state index in [0.29, 0.717) is 18.9 Å². The zero-order valence-electron chi connectivity index (χ0n) is 11.8. The van der Waals surface area contributed by atoms with Crippen LogP contribution in [0.1, 0.15) is 28.9 Å². The van der Waals surface area contributed by atoms with Gasteiger partial charge in [-0.25, -0.2) is 4.79 Å². The lowest BCUT2D eigenvalue weighted by molar-refractivity contribution is 0.0696. The summed E-state index contributed by atoms with van der Waals surface area (Å²) in [5.41, 5.74) is 1.34. The summed E-state index contributed by atoms with van der Waals surface area (Å²) in [4.78, 5) is 14.9. The summed E-state index contributed by atoms with van der Waals surface area (Å²) < 4.78 is 5.54. The number of pyridine rings is 1. The average Bonchev–Trinajstić information content (AvgIpc) is 2.52. The number of aromatic nitrogens is 1. The second-order valence-electron chi connectivity index (χ2n) is 4.64. The molecule has 0 bridgehead atoms. The molecule has 0 radical (unpaired) electrons. The number of ether oxygens (including phenoxy) is 1. The molecule has 1 atom stereocenters. The Balaban J connectivity index is 1.77. The number of benzene rings is 1. The molecule has 5 nitrogen and oxygen atoms in total. The Morgan fingerprint density at radius 2 is 2.24 bits per heavy atom.